The molecule has 7 heteroatoms. The summed E-state index contributed by atoms with van der Waals surface area (Å²) < 4.78 is 14.1. The lowest BCUT2D eigenvalue weighted by Crippen LogP contribution is -2.29. The van der Waals surface area contributed by atoms with Crippen LogP contribution in [0.5, 0.6) is 5.75 Å². The molecule has 5 rings (SSSR count). The first-order chi connectivity index (χ1) is 14.2. The number of nitrogens with one attached hydrogen (secondary N) is 1. The van der Waals surface area contributed by atoms with Crippen molar-refractivity contribution in [3.8, 4) is 16.3 Å². The predicted molar refractivity (Wildman–Crippen MR) is 117 cm³/mol. The molecule has 0 bridgehead atoms. The average molecular weight is 409 g/mol. The van der Waals surface area contributed by atoms with Crippen molar-refractivity contribution >= 4 is 32.9 Å². The van der Waals surface area contributed by atoms with Gasteiger partial charge in [0.15, 0.2) is 5.65 Å². The molecular weight excluding hydrogens is 384 g/mol. The van der Waals surface area contributed by atoms with Crippen LogP contribution in [0.3, 0.4) is 0 Å². The van der Waals surface area contributed by atoms with Crippen LogP contribution in [0.25, 0.3) is 26.3 Å². The Morgan fingerprint density at radius 2 is 1.97 bits per heavy atom. The van der Waals surface area contributed by atoms with Crippen LogP contribution < -0.4 is 10.1 Å². The maximum absolute atomic E-state index is 5.52. The number of methoxy groups -OCH3 is 2. The van der Waals surface area contributed by atoms with Crippen LogP contribution in [-0.4, -0.2) is 41.0 Å². The number of hydrogen-bond donors (Lipinski definition) is 1. The molecule has 3 aromatic heterocycles. The Hall–Kier alpha value is -2.64. The summed E-state index contributed by atoms with van der Waals surface area (Å²) in [5, 5.41) is 9.61. The zero-order valence-corrected chi connectivity index (χ0v) is 17.4. The van der Waals surface area contributed by atoms with E-state index in [9.17, 15) is 0 Å². The Morgan fingerprint density at radius 1 is 1.10 bits per heavy atom. The molecule has 1 N–H and O–H groups in total. The zero-order valence-electron chi connectivity index (χ0n) is 16.6. The van der Waals surface area contributed by atoms with Crippen molar-refractivity contribution in [1.82, 2.24) is 14.6 Å². The van der Waals surface area contributed by atoms with Gasteiger partial charge in [0.25, 0.3) is 0 Å². The maximum Gasteiger partial charge on any atom is 0.154 e. The highest BCUT2D eigenvalue weighted by Crippen LogP contribution is 2.38. The highest BCUT2D eigenvalue weighted by atomic mass is 32.1. The van der Waals surface area contributed by atoms with E-state index in [0.29, 0.717) is 12.1 Å². The van der Waals surface area contributed by atoms with Crippen molar-refractivity contribution in [2.24, 2.45) is 0 Å². The number of nitrogens with zero attached hydrogens (tertiary/aromatic N) is 3. The molecule has 0 radical (unpaired) electrons. The number of thiophene rings is 1. The second-order valence-corrected chi connectivity index (χ2v) is 8.53. The molecule has 0 spiro atoms. The predicted octanol–water partition coefficient (Wildman–Crippen LogP) is 4.99. The van der Waals surface area contributed by atoms with Gasteiger partial charge in [0.05, 0.1) is 29.0 Å². The molecule has 0 unspecified atom stereocenters. The van der Waals surface area contributed by atoms with Gasteiger partial charge in [0.2, 0.25) is 0 Å². The Bertz CT molecular complexity index is 1140. The summed E-state index contributed by atoms with van der Waals surface area (Å²) in [5.41, 5.74) is 1.84. The van der Waals surface area contributed by atoms with E-state index in [1.165, 1.54) is 5.39 Å². The topological polar surface area (TPSA) is 60.7 Å². The van der Waals surface area contributed by atoms with Crippen molar-refractivity contribution in [3.05, 3.63) is 42.6 Å². The summed E-state index contributed by atoms with van der Waals surface area (Å²) in [6, 6.07) is 12.8. The van der Waals surface area contributed by atoms with Crippen molar-refractivity contribution in [2.45, 2.75) is 37.8 Å². The second-order valence-electron chi connectivity index (χ2n) is 7.47. The number of hydrogen-bond acceptors (Lipinski definition) is 6. The van der Waals surface area contributed by atoms with Gasteiger partial charge < -0.3 is 14.8 Å². The molecule has 1 aliphatic carbocycles. The fraction of sp³-hybridized carbons (Fsp3) is 0.364. The first-order valence-electron chi connectivity index (χ1n) is 9.96. The first kappa shape index (κ1) is 18.4. The molecule has 0 aliphatic heterocycles. The number of rotatable bonds is 5. The second kappa shape index (κ2) is 7.65. The van der Waals surface area contributed by atoms with Gasteiger partial charge in [-0.15, -0.1) is 16.4 Å². The SMILES string of the molecule is COc1cccc2cc(-c3cnc4ccc(NC5CCC(OC)CC5)nn34)sc12. The third-order valence-electron chi connectivity index (χ3n) is 5.70. The Kier molecular flexibility index (Phi) is 4.85. The standard InChI is InChI=1S/C22H24N4O2S/c1-27-16-8-6-15(7-9-16)24-20-10-11-21-23-13-17(26(21)25-20)19-12-14-4-3-5-18(28-2)22(14)29-19/h3-5,10-13,15-16H,6-9H2,1-2H3,(H,24,25). The highest BCUT2D eigenvalue weighted by Gasteiger charge is 2.21. The summed E-state index contributed by atoms with van der Waals surface area (Å²) in [6.07, 6.45) is 6.68. The van der Waals surface area contributed by atoms with E-state index >= 15 is 0 Å². The number of aromatic nitrogens is 3. The van der Waals surface area contributed by atoms with Gasteiger partial charge in [-0.05, 0) is 55.3 Å². The van der Waals surface area contributed by atoms with E-state index in [1.807, 2.05) is 35.0 Å². The minimum Gasteiger partial charge on any atom is -0.495 e. The summed E-state index contributed by atoms with van der Waals surface area (Å²) in [4.78, 5) is 5.68. The number of ether oxygens (including phenoxy) is 2. The Morgan fingerprint density at radius 3 is 2.76 bits per heavy atom. The molecular formula is C22H24N4O2S. The average Bonchev–Trinajstić information content (AvgIpc) is 3.37. The van der Waals surface area contributed by atoms with Gasteiger partial charge in [0, 0.05) is 13.2 Å². The molecule has 6 nitrogen and oxygen atoms in total. The molecule has 1 aromatic carbocycles. The number of benzene rings is 1. The third kappa shape index (κ3) is 3.45. The molecule has 1 fully saturated rings. The Labute approximate surface area is 173 Å². The normalized spacial score (nSPS) is 19.7. The molecule has 1 aliphatic rings. The van der Waals surface area contributed by atoms with E-state index in [-0.39, 0.29) is 0 Å². The molecule has 3 heterocycles. The van der Waals surface area contributed by atoms with E-state index in [1.54, 1.807) is 25.6 Å². The van der Waals surface area contributed by atoms with Crippen molar-refractivity contribution in [1.29, 1.82) is 0 Å². The van der Waals surface area contributed by atoms with Gasteiger partial charge >= 0.3 is 0 Å². The van der Waals surface area contributed by atoms with Crippen LogP contribution in [0, 0.1) is 0 Å². The van der Waals surface area contributed by atoms with Gasteiger partial charge in [-0.2, -0.15) is 0 Å². The summed E-state index contributed by atoms with van der Waals surface area (Å²) in [6.45, 7) is 0. The summed E-state index contributed by atoms with van der Waals surface area (Å²) in [7, 11) is 3.51. The van der Waals surface area contributed by atoms with Crippen LogP contribution in [-0.2, 0) is 4.74 Å². The lowest BCUT2D eigenvalue weighted by molar-refractivity contribution is 0.0681. The third-order valence-corrected chi connectivity index (χ3v) is 6.89. The molecule has 0 atom stereocenters. The van der Waals surface area contributed by atoms with Crippen LogP contribution in [0.15, 0.2) is 42.6 Å². The van der Waals surface area contributed by atoms with Crippen LogP contribution in [0.1, 0.15) is 25.7 Å². The molecule has 0 saturated heterocycles. The molecule has 0 amide bonds. The minimum absolute atomic E-state index is 0.397. The van der Waals surface area contributed by atoms with E-state index < -0.39 is 0 Å². The molecule has 4 aromatic rings. The Balaban J connectivity index is 1.46. The van der Waals surface area contributed by atoms with Gasteiger partial charge in [0.1, 0.15) is 17.3 Å². The molecule has 29 heavy (non-hydrogen) atoms. The van der Waals surface area contributed by atoms with Gasteiger partial charge in [-0.25, -0.2) is 9.50 Å². The van der Waals surface area contributed by atoms with E-state index in [4.69, 9.17) is 14.6 Å². The van der Waals surface area contributed by atoms with E-state index in [0.717, 1.165) is 58.2 Å². The lowest BCUT2D eigenvalue weighted by Gasteiger charge is -2.28. The van der Waals surface area contributed by atoms with Crippen molar-refractivity contribution in [2.75, 3.05) is 19.5 Å². The van der Waals surface area contributed by atoms with Crippen molar-refractivity contribution in [3.63, 3.8) is 0 Å². The zero-order chi connectivity index (χ0) is 19.8. The lowest BCUT2D eigenvalue weighted by atomic mass is 9.93. The quantitative estimate of drug-likeness (QED) is 0.504. The fourth-order valence-electron chi connectivity index (χ4n) is 4.09. The monoisotopic (exact) mass is 408 g/mol. The number of fused-ring (bicyclic) bond motifs is 2. The van der Waals surface area contributed by atoms with Crippen LogP contribution in [0.4, 0.5) is 5.82 Å². The summed E-state index contributed by atoms with van der Waals surface area (Å²) >= 11 is 1.71. The maximum atomic E-state index is 5.52. The first-order valence-corrected chi connectivity index (χ1v) is 10.8. The fourth-order valence-corrected chi connectivity index (χ4v) is 5.24. The number of imidazole rings is 1. The molecule has 150 valence electrons. The smallest absolute Gasteiger partial charge is 0.154 e. The van der Waals surface area contributed by atoms with Gasteiger partial charge in [-0.1, -0.05) is 12.1 Å². The van der Waals surface area contributed by atoms with Crippen LogP contribution in [0.2, 0.25) is 0 Å². The van der Waals surface area contributed by atoms with Crippen LogP contribution >= 0.6 is 11.3 Å². The van der Waals surface area contributed by atoms with E-state index in [2.05, 4.69) is 22.4 Å². The highest BCUT2D eigenvalue weighted by molar-refractivity contribution is 7.22. The largest absolute Gasteiger partial charge is 0.495 e. The van der Waals surface area contributed by atoms with Crippen molar-refractivity contribution < 1.29 is 9.47 Å². The number of anilines is 1. The summed E-state index contributed by atoms with van der Waals surface area (Å²) in [5.74, 6) is 1.78. The van der Waals surface area contributed by atoms with Gasteiger partial charge in [-0.3, -0.25) is 0 Å². The minimum atomic E-state index is 0.397. The molecule has 1 saturated carbocycles.